The maximum Gasteiger partial charge on any atom is 0.249 e. The lowest BCUT2D eigenvalue weighted by molar-refractivity contribution is -0.131. The third-order valence-electron chi connectivity index (χ3n) is 3.01. The highest BCUT2D eigenvalue weighted by atomic mass is 16.5. The molecular formula is C11H21NO2. The fourth-order valence-electron chi connectivity index (χ4n) is 1.99. The standard InChI is InChI=1S/C11H21NO2/c1-8-5-4-6-10(7-8)12-11(13)9(2)14-3/h8-10H,4-7H2,1-3H3,(H,12,13). The summed E-state index contributed by atoms with van der Waals surface area (Å²) in [4.78, 5) is 11.5. The van der Waals surface area contributed by atoms with Gasteiger partial charge in [0.05, 0.1) is 0 Å². The van der Waals surface area contributed by atoms with Gasteiger partial charge in [-0.3, -0.25) is 4.79 Å². The van der Waals surface area contributed by atoms with Crippen molar-refractivity contribution in [3.05, 3.63) is 0 Å². The maximum atomic E-state index is 11.5. The van der Waals surface area contributed by atoms with Gasteiger partial charge in [0, 0.05) is 13.2 Å². The van der Waals surface area contributed by atoms with Gasteiger partial charge in [-0.15, -0.1) is 0 Å². The third-order valence-corrected chi connectivity index (χ3v) is 3.01. The van der Waals surface area contributed by atoms with E-state index in [-0.39, 0.29) is 12.0 Å². The molecule has 0 spiro atoms. The molecule has 0 aromatic rings. The molecule has 0 heterocycles. The number of rotatable bonds is 3. The van der Waals surface area contributed by atoms with Gasteiger partial charge in [-0.25, -0.2) is 0 Å². The number of carbonyl (C=O) groups is 1. The Morgan fingerprint density at radius 3 is 2.79 bits per heavy atom. The molecule has 1 saturated carbocycles. The zero-order valence-corrected chi connectivity index (χ0v) is 9.38. The van der Waals surface area contributed by atoms with Crippen LogP contribution in [0.2, 0.25) is 0 Å². The highest BCUT2D eigenvalue weighted by Crippen LogP contribution is 2.23. The topological polar surface area (TPSA) is 38.3 Å². The zero-order chi connectivity index (χ0) is 10.6. The Balaban J connectivity index is 2.32. The smallest absolute Gasteiger partial charge is 0.249 e. The van der Waals surface area contributed by atoms with Crippen molar-refractivity contribution in [3.63, 3.8) is 0 Å². The van der Waals surface area contributed by atoms with Gasteiger partial charge in [0.2, 0.25) is 5.91 Å². The van der Waals surface area contributed by atoms with E-state index in [1.807, 2.05) is 0 Å². The molecule has 1 rings (SSSR count). The average molecular weight is 199 g/mol. The van der Waals surface area contributed by atoms with Crippen LogP contribution >= 0.6 is 0 Å². The quantitative estimate of drug-likeness (QED) is 0.751. The van der Waals surface area contributed by atoms with Crippen LogP contribution in [-0.4, -0.2) is 25.2 Å². The molecule has 0 aromatic carbocycles. The van der Waals surface area contributed by atoms with E-state index >= 15 is 0 Å². The molecule has 0 saturated heterocycles. The van der Waals surface area contributed by atoms with E-state index in [0.717, 1.165) is 18.8 Å². The lowest BCUT2D eigenvalue weighted by Gasteiger charge is -2.28. The molecule has 1 aliphatic carbocycles. The Morgan fingerprint density at radius 2 is 2.21 bits per heavy atom. The summed E-state index contributed by atoms with van der Waals surface area (Å²) >= 11 is 0. The summed E-state index contributed by atoms with van der Waals surface area (Å²) in [5.74, 6) is 0.763. The van der Waals surface area contributed by atoms with Crippen LogP contribution in [0.4, 0.5) is 0 Å². The van der Waals surface area contributed by atoms with Crippen LogP contribution in [0.5, 0.6) is 0 Å². The molecule has 1 amide bonds. The normalized spacial score (nSPS) is 29.6. The minimum absolute atomic E-state index is 0.0200. The van der Waals surface area contributed by atoms with Crippen molar-refractivity contribution in [1.82, 2.24) is 5.32 Å². The van der Waals surface area contributed by atoms with E-state index < -0.39 is 0 Å². The summed E-state index contributed by atoms with van der Waals surface area (Å²) < 4.78 is 4.97. The van der Waals surface area contributed by atoms with Gasteiger partial charge in [-0.05, 0) is 25.7 Å². The van der Waals surface area contributed by atoms with E-state index in [2.05, 4.69) is 12.2 Å². The van der Waals surface area contributed by atoms with Gasteiger partial charge in [-0.1, -0.05) is 19.8 Å². The third kappa shape index (κ3) is 3.29. The van der Waals surface area contributed by atoms with Crippen molar-refractivity contribution in [1.29, 1.82) is 0 Å². The molecule has 1 aliphatic rings. The lowest BCUT2D eigenvalue weighted by atomic mass is 9.87. The van der Waals surface area contributed by atoms with E-state index in [1.165, 1.54) is 12.8 Å². The Labute approximate surface area is 86.2 Å². The molecule has 0 aromatic heterocycles. The maximum absolute atomic E-state index is 11.5. The van der Waals surface area contributed by atoms with E-state index in [4.69, 9.17) is 4.74 Å². The first kappa shape index (κ1) is 11.5. The van der Waals surface area contributed by atoms with Gasteiger partial charge in [0.1, 0.15) is 6.10 Å². The average Bonchev–Trinajstić information content (AvgIpc) is 2.16. The van der Waals surface area contributed by atoms with Crippen LogP contribution in [0.1, 0.15) is 39.5 Å². The van der Waals surface area contributed by atoms with Crippen LogP contribution in [-0.2, 0) is 9.53 Å². The molecule has 3 atom stereocenters. The SMILES string of the molecule is COC(C)C(=O)NC1CCCC(C)C1. The van der Waals surface area contributed by atoms with Crippen LogP contribution in [0.3, 0.4) is 0 Å². The molecule has 1 fully saturated rings. The fraction of sp³-hybridized carbons (Fsp3) is 0.909. The first-order chi connectivity index (χ1) is 6.63. The monoisotopic (exact) mass is 199 g/mol. The van der Waals surface area contributed by atoms with Crippen LogP contribution in [0.15, 0.2) is 0 Å². The van der Waals surface area contributed by atoms with Crippen LogP contribution < -0.4 is 5.32 Å². The first-order valence-corrected chi connectivity index (χ1v) is 5.46. The van der Waals surface area contributed by atoms with E-state index in [9.17, 15) is 4.79 Å². The van der Waals surface area contributed by atoms with Crippen molar-refractivity contribution < 1.29 is 9.53 Å². The van der Waals surface area contributed by atoms with Crippen LogP contribution in [0.25, 0.3) is 0 Å². The number of ether oxygens (including phenoxy) is 1. The molecule has 3 nitrogen and oxygen atoms in total. The Morgan fingerprint density at radius 1 is 1.50 bits per heavy atom. The predicted octanol–water partition coefficient (Wildman–Crippen LogP) is 1.72. The van der Waals surface area contributed by atoms with Gasteiger partial charge >= 0.3 is 0 Å². The second kappa shape index (κ2) is 5.35. The number of nitrogens with one attached hydrogen (secondary N) is 1. The van der Waals surface area contributed by atoms with Crippen molar-refractivity contribution in [2.45, 2.75) is 51.7 Å². The lowest BCUT2D eigenvalue weighted by Crippen LogP contribution is -2.42. The summed E-state index contributed by atoms with van der Waals surface area (Å²) in [5.41, 5.74) is 0. The van der Waals surface area contributed by atoms with Crippen molar-refractivity contribution in [2.24, 2.45) is 5.92 Å². The highest BCUT2D eigenvalue weighted by Gasteiger charge is 2.22. The molecule has 0 radical (unpaired) electrons. The second-order valence-corrected chi connectivity index (χ2v) is 4.36. The molecule has 1 N–H and O–H groups in total. The minimum Gasteiger partial charge on any atom is -0.372 e. The minimum atomic E-state index is -0.327. The number of hydrogen-bond donors (Lipinski definition) is 1. The molecule has 0 bridgehead atoms. The van der Waals surface area contributed by atoms with Crippen molar-refractivity contribution in [2.75, 3.05) is 7.11 Å². The summed E-state index contributed by atoms with van der Waals surface area (Å²) in [7, 11) is 1.56. The summed E-state index contributed by atoms with van der Waals surface area (Å²) in [5, 5.41) is 3.04. The number of amides is 1. The number of carbonyl (C=O) groups excluding carboxylic acids is 1. The Hall–Kier alpha value is -0.570. The predicted molar refractivity (Wildman–Crippen MR) is 56.0 cm³/mol. The molecule has 3 heteroatoms. The van der Waals surface area contributed by atoms with Crippen molar-refractivity contribution >= 4 is 5.91 Å². The molecule has 3 unspecified atom stereocenters. The zero-order valence-electron chi connectivity index (χ0n) is 9.38. The Kier molecular flexibility index (Phi) is 4.39. The number of hydrogen-bond acceptors (Lipinski definition) is 2. The summed E-state index contributed by atoms with van der Waals surface area (Å²) in [6.45, 7) is 4.03. The van der Waals surface area contributed by atoms with Gasteiger partial charge < -0.3 is 10.1 Å². The first-order valence-electron chi connectivity index (χ1n) is 5.46. The molecule has 0 aliphatic heterocycles. The molecule has 14 heavy (non-hydrogen) atoms. The molecular weight excluding hydrogens is 178 g/mol. The van der Waals surface area contributed by atoms with E-state index in [0.29, 0.717) is 6.04 Å². The van der Waals surface area contributed by atoms with Crippen LogP contribution in [0, 0.1) is 5.92 Å². The van der Waals surface area contributed by atoms with E-state index in [1.54, 1.807) is 14.0 Å². The molecule has 82 valence electrons. The van der Waals surface area contributed by atoms with Gasteiger partial charge in [0.25, 0.3) is 0 Å². The Bertz CT molecular complexity index is 194. The second-order valence-electron chi connectivity index (χ2n) is 4.36. The van der Waals surface area contributed by atoms with Gasteiger partial charge in [-0.2, -0.15) is 0 Å². The summed E-state index contributed by atoms with van der Waals surface area (Å²) in [6.07, 6.45) is 4.43. The van der Waals surface area contributed by atoms with Crippen molar-refractivity contribution in [3.8, 4) is 0 Å². The highest BCUT2D eigenvalue weighted by molar-refractivity contribution is 5.80. The van der Waals surface area contributed by atoms with Gasteiger partial charge in [0.15, 0.2) is 0 Å². The largest absolute Gasteiger partial charge is 0.372 e. The summed E-state index contributed by atoms with van der Waals surface area (Å²) in [6, 6.07) is 0.365. The number of methoxy groups -OCH3 is 1. The fourth-order valence-corrected chi connectivity index (χ4v) is 1.99.